The molecule has 0 saturated carbocycles. The van der Waals surface area contributed by atoms with Gasteiger partial charge in [0.25, 0.3) is 0 Å². The van der Waals surface area contributed by atoms with E-state index in [0.717, 1.165) is 0 Å². The van der Waals surface area contributed by atoms with Crippen LogP contribution in [0.2, 0.25) is 0 Å². The maximum atomic E-state index is 14.8. The van der Waals surface area contributed by atoms with Crippen molar-refractivity contribution in [2.75, 3.05) is 32.3 Å². The quantitative estimate of drug-likeness (QED) is 0.0344. The standard InChI is InChI=1S/C45H26F68O6P2/c46-14(47,18(54,55)22(62,63)26(70,71)30(78,79)34(86,87)38(94,95)42(102,103)104)5-1-9-116-120(114,117-10-2-6-15(48,49)19(56,57)23(64,65)27(72,73)31(80,81)35(88,89)39(96,97)43(105,106)107)13-121(115,118-11-3-7-16(50,51)20(58,59)24(66,67)28(74,75)32(82,83)36(90,91)40(98,99)44(108,109)110)119-12-4-8-17(52,53)21(60,61)25(68,69)29(76,77)33(84,85)37(92,93)41(100,101)45(111,112)113/h1-13H2. The molecule has 6 nitrogen and oxygen atoms in total. The molecule has 0 aliphatic rings. The van der Waals surface area contributed by atoms with Crippen LogP contribution >= 0.6 is 15.2 Å². The van der Waals surface area contributed by atoms with Gasteiger partial charge in [0.1, 0.15) is 0 Å². The second-order valence-corrected chi connectivity index (χ2v) is 28.3. The van der Waals surface area contributed by atoms with Crippen LogP contribution in [0.3, 0.4) is 0 Å². The molecular formula is C45H26F68O6P2. The van der Waals surface area contributed by atoms with Gasteiger partial charge in [-0.05, 0) is 25.7 Å². The first-order valence-corrected chi connectivity index (χ1v) is 31.6. The molecule has 0 amide bonds. The van der Waals surface area contributed by atoms with Crippen molar-refractivity contribution < 1.29 is 326 Å². The zero-order valence-electron chi connectivity index (χ0n) is 54.2. The highest BCUT2D eigenvalue weighted by atomic mass is 31.2. The van der Waals surface area contributed by atoms with E-state index in [0.29, 0.717) is 0 Å². The van der Waals surface area contributed by atoms with Crippen molar-refractivity contribution in [3.8, 4) is 0 Å². The van der Waals surface area contributed by atoms with Gasteiger partial charge in [0, 0.05) is 25.7 Å². The van der Waals surface area contributed by atoms with Crippen molar-refractivity contribution in [1.29, 1.82) is 0 Å². The minimum atomic E-state index is -9.57. The highest BCUT2D eigenvalue weighted by molar-refractivity contribution is 7.71. The van der Waals surface area contributed by atoms with Gasteiger partial charge in [-0.1, -0.05) is 0 Å². The molecule has 0 bridgehead atoms. The zero-order chi connectivity index (χ0) is 99.0. The fraction of sp³-hybridized carbons (Fsp3) is 1.00. The lowest BCUT2D eigenvalue weighted by atomic mass is 9.88. The minimum absolute atomic E-state index is 3.27. The smallest absolute Gasteiger partial charge is 0.308 e. The average Bonchev–Trinajstić information content (AvgIpc) is 0.708. The number of hydrogen-bond acceptors (Lipinski definition) is 6. The number of alkyl halides is 68. The largest absolute Gasteiger partial charge is 0.460 e. The lowest BCUT2D eigenvalue weighted by Gasteiger charge is -2.42. The summed E-state index contributed by atoms with van der Waals surface area (Å²) < 4.78 is 983. The molecule has 0 fully saturated rings. The Morgan fingerprint density at radius 3 is 0.331 bits per heavy atom. The number of hydrogen-bond donors (Lipinski definition) is 0. The fourth-order valence-electron chi connectivity index (χ4n) is 7.85. The molecule has 0 atom stereocenters. The van der Waals surface area contributed by atoms with Crippen LogP contribution in [0.5, 0.6) is 0 Å². The van der Waals surface area contributed by atoms with Crippen molar-refractivity contribution >= 4 is 15.2 Å². The van der Waals surface area contributed by atoms with Crippen molar-refractivity contribution in [1.82, 2.24) is 0 Å². The van der Waals surface area contributed by atoms with Crippen molar-refractivity contribution in [3.63, 3.8) is 0 Å². The summed E-state index contributed by atoms with van der Waals surface area (Å²) in [5.74, 6) is -258. The van der Waals surface area contributed by atoms with E-state index >= 15 is 0 Å². The van der Waals surface area contributed by atoms with Crippen molar-refractivity contribution in [2.45, 2.75) is 242 Å². The number of rotatable bonds is 46. The molecule has 0 aromatic rings. The van der Waals surface area contributed by atoms with Gasteiger partial charge in [0.15, 0.2) is 5.90 Å². The Morgan fingerprint density at radius 2 is 0.231 bits per heavy atom. The lowest BCUT2D eigenvalue weighted by molar-refractivity contribution is -0.461. The van der Waals surface area contributed by atoms with Gasteiger partial charge >= 0.3 is 206 Å². The first-order chi connectivity index (χ1) is 51.5. The molecule has 0 saturated heterocycles. The molecule has 0 N–H and O–H groups in total. The summed E-state index contributed by atoms with van der Waals surface area (Å²) in [4.78, 5) is 0. The Labute approximate surface area is 615 Å². The monoisotopic (exact) mass is 2020 g/mol. The summed E-state index contributed by atoms with van der Waals surface area (Å²) in [7, 11) is -15.5. The van der Waals surface area contributed by atoms with Crippen molar-refractivity contribution in [3.05, 3.63) is 0 Å². The van der Waals surface area contributed by atoms with Crippen LogP contribution in [0.4, 0.5) is 299 Å². The predicted molar refractivity (Wildman–Crippen MR) is 244 cm³/mol. The molecule has 0 spiro atoms. The molecule has 0 aromatic heterocycles. The molecule has 76 heteroatoms. The normalized spacial score (nSPS) is 16.9. The fourth-order valence-corrected chi connectivity index (χ4v) is 12.6. The van der Waals surface area contributed by atoms with E-state index in [-0.39, 0.29) is 0 Å². The maximum Gasteiger partial charge on any atom is 0.460 e. The summed E-state index contributed by atoms with van der Waals surface area (Å²) in [6.07, 6.45) is -63.4. The second-order valence-electron chi connectivity index (χ2n) is 23.7. The van der Waals surface area contributed by atoms with Gasteiger partial charge in [-0.15, -0.1) is 0 Å². The molecule has 121 heavy (non-hydrogen) atoms. The average molecular weight is 2020 g/mol. The van der Waals surface area contributed by atoms with Gasteiger partial charge < -0.3 is 18.1 Å². The summed E-state index contributed by atoms with van der Waals surface area (Å²) in [5, 5.41) is 0. The molecular weight excluding hydrogens is 1990 g/mol. The topological polar surface area (TPSA) is 71.1 Å². The summed E-state index contributed by atoms with van der Waals surface area (Å²) in [6, 6.07) is 0. The van der Waals surface area contributed by atoms with Gasteiger partial charge in [-0.2, -0.15) is 299 Å². The van der Waals surface area contributed by atoms with Crippen LogP contribution in [0.1, 0.15) is 51.4 Å². The van der Waals surface area contributed by atoms with Gasteiger partial charge in [0.2, 0.25) is 0 Å². The third-order valence-electron chi connectivity index (χ3n) is 15.2. The van der Waals surface area contributed by atoms with E-state index in [4.69, 9.17) is 0 Å². The predicted octanol–water partition coefficient (Wildman–Crippen LogP) is 26.6. The molecule has 0 radical (unpaired) electrons. The minimum Gasteiger partial charge on any atom is -0.308 e. The van der Waals surface area contributed by atoms with E-state index < -0.39 is 289 Å². The number of halogens is 68. The second kappa shape index (κ2) is 32.3. The van der Waals surface area contributed by atoms with Gasteiger partial charge in [-0.25, -0.2) is 0 Å². The van der Waals surface area contributed by atoms with Crippen molar-refractivity contribution in [2.24, 2.45) is 0 Å². The van der Waals surface area contributed by atoms with Gasteiger partial charge in [-0.3, -0.25) is 9.13 Å². The van der Waals surface area contributed by atoms with E-state index in [9.17, 15) is 308 Å². The molecule has 0 aliphatic heterocycles. The Bertz CT molecular complexity index is 3140. The Morgan fingerprint density at radius 1 is 0.140 bits per heavy atom. The van der Waals surface area contributed by atoms with Crippen LogP contribution in [0, 0.1) is 0 Å². The van der Waals surface area contributed by atoms with Crippen LogP contribution in [-0.2, 0) is 27.2 Å². The summed E-state index contributed by atoms with van der Waals surface area (Å²) in [6.45, 7) is -13.2. The van der Waals surface area contributed by atoms with Gasteiger partial charge in [0.05, 0.1) is 26.4 Å². The van der Waals surface area contributed by atoms with E-state index in [1.54, 1.807) is 0 Å². The van der Waals surface area contributed by atoms with Crippen LogP contribution in [0.15, 0.2) is 0 Å². The molecule has 0 aromatic carbocycles. The third kappa shape index (κ3) is 17.8. The molecule has 728 valence electrons. The third-order valence-corrected chi connectivity index (χ3v) is 20.3. The molecule has 0 unspecified atom stereocenters. The maximum absolute atomic E-state index is 14.8. The zero-order valence-corrected chi connectivity index (χ0v) is 56.0. The van der Waals surface area contributed by atoms with E-state index in [1.807, 2.05) is 0 Å². The highest BCUT2D eigenvalue weighted by Crippen LogP contribution is 2.72. The Kier molecular flexibility index (Phi) is 31.1. The van der Waals surface area contributed by atoms with Crippen LogP contribution in [0.25, 0.3) is 0 Å². The molecule has 0 heterocycles. The Hall–Kier alpha value is -4.46. The van der Waals surface area contributed by atoms with E-state index in [2.05, 4.69) is 18.1 Å². The van der Waals surface area contributed by atoms with Crippen LogP contribution < -0.4 is 0 Å². The summed E-state index contributed by atoms with van der Waals surface area (Å²) >= 11 is 0. The Balaban J connectivity index is 8.87. The lowest BCUT2D eigenvalue weighted by Crippen LogP contribution is -2.74. The van der Waals surface area contributed by atoms with Crippen LogP contribution in [-0.4, -0.2) is 223 Å². The summed E-state index contributed by atoms with van der Waals surface area (Å²) in [5.41, 5.74) is 0. The first kappa shape index (κ1) is 117. The SMILES string of the molecule is O=P(CP(=O)(OCCCC(F)(F)C(F)(F)C(F)(F)C(F)(F)C(F)(F)C(F)(F)C(F)(F)C(F)(F)F)OCCCC(F)(F)C(F)(F)C(F)(F)C(F)(F)C(F)(F)C(F)(F)C(F)(F)C(F)(F)F)(OCCCC(F)(F)C(F)(F)C(F)(F)C(F)(F)C(F)(F)C(F)(F)C(F)(F)C(F)(F)F)OCCCC(F)(F)C(F)(F)C(F)(F)C(F)(F)C(F)(F)C(F)(F)C(F)(F)C(F)(F)F. The van der Waals surface area contributed by atoms with E-state index in [1.165, 1.54) is 0 Å². The highest BCUT2D eigenvalue weighted by Gasteiger charge is 3.00. The first-order valence-electron chi connectivity index (χ1n) is 28.1. The molecule has 0 rings (SSSR count). The molecule has 0 aliphatic carbocycles.